The molecule has 36 heavy (non-hydrogen) atoms. The molecule has 1 unspecified atom stereocenters. The van der Waals surface area contributed by atoms with E-state index in [0.29, 0.717) is 12.1 Å². The second-order valence-corrected chi connectivity index (χ2v) is 8.98. The van der Waals surface area contributed by atoms with Crippen molar-refractivity contribution in [1.82, 2.24) is 4.90 Å². The minimum Gasteiger partial charge on any atom is -0.310 e. The number of benzene rings is 2. The van der Waals surface area contributed by atoms with Gasteiger partial charge in [-0.05, 0) is 63.7 Å². The van der Waals surface area contributed by atoms with Crippen molar-refractivity contribution < 1.29 is 0 Å². The highest BCUT2D eigenvalue weighted by Gasteiger charge is 2.31. The average molecular weight is 493 g/mol. The standard InChI is InChI=1S/C19H21N.C9H19N.2C2H6.C2H4/c1-15(14-16(2)20)19(3,17-10-6-4-7-11-17)18-12-8-5-9-13-18;1-3-5-9-6-4-7-10(2)8-9;3*1-2/h4-13,20H,1,14H2,2-3H3;9H,3-8H2,1-2H3;2*1-2H3;1-2H2. The second kappa shape index (κ2) is 21.8. The van der Waals surface area contributed by atoms with Crippen LogP contribution in [0.5, 0.6) is 0 Å². The highest BCUT2D eigenvalue weighted by molar-refractivity contribution is 5.81. The summed E-state index contributed by atoms with van der Waals surface area (Å²) in [7, 11) is 2.24. The first-order valence-corrected chi connectivity index (χ1v) is 13.9. The van der Waals surface area contributed by atoms with E-state index >= 15 is 0 Å². The molecule has 3 rings (SSSR count). The SMILES string of the molecule is C=C.C=C(CC(C)=N)C(C)(c1ccccc1)c1ccccc1.CC.CC.CCCC1CCCN(C)C1. The number of hydrogen-bond acceptors (Lipinski definition) is 2. The highest BCUT2D eigenvalue weighted by atomic mass is 15.1. The van der Waals surface area contributed by atoms with E-state index in [1.807, 2.05) is 46.8 Å². The summed E-state index contributed by atoms with van der Waals surface area (Å²) in [5.41, 5.74) is 3.88. The molecule has 0 aliphatic carbocycles. The zero-order chi connectivity index (χ0) is 28.0. The zero-order valence-electron chi connectivity index (χ0n) is 24.9. The van der Waals surface area contributed by atoms with Crippen molar-refractivity contribution in [2.45, 2.75) is 86.0 Å². The van der Waals surface area contributed by atoms with E-state index in [-0.39, 0.29) is 5.41 Å². The predicted molar refractivity (Wildman–Crippen MR) is 166 cm³/mol. The second-order valence-electron chi connectivity index (χ2n) is 8.98. The minimum absolute atomic E-state index is 0.259. The van der Waals surface area contributed by atoms with Crippen LogP contribution in [0.15, 0.2) is 86.0 Å². The van der Waals surface area contributed by atoms with Gasteiger partial charge in [0.1, 0.15) is 0 Å². The molecular formula is C34H56N2. The molecule has 1 fully saturated rings. The van der Waals surface area contributed by atoms with E-state index in [4.69, 9.17) is 5.41 Å². The Morgan fingerprint density at radius 1 is 0.944 bits per heavy atom. The van der Waals surface area contributed by atoms with Crippen LogP contribution >= 0.6 is 0 Å². The summed E-state index contributed by atoms with van der Waals surface area (Å²) in [6.07, 6.45) is 6.31. The van der Waals surface area contributed by atoms with Gasteiger partial charge < -0.3 is 10.3 Å². The summed E-state index contributed by atoms with van der Waals surface area (Å²) in [6, 6.07) is 20.8. The molecule has 2 aromatic carbocycles. The summed E-state index contributed by atoms with van der Waals surface area (Å²) in [5.74, 6) is 1.00. The monoisotopic (exact) mass is 492 g/mol. The lowest BCUT2D eigenvalue weighted by molar-refractivity contribution is 0.201. The Hall–Kier alpha value is -2.45. The molecule has 1 atom stereocenters. The molecule has 0 saturated carbocycles. The van der Waals surface area contributed by atoms with Gasteiger partial charge in [-0.3, -0.25) is 0 Å². The van der Waals surface area contributed by atoms with Gasteiger partial charge in [0.2, 0.25) is 0 Å². The topological polar surface area (TPSA) is 27.1 Å². The predicted octanol–water partition coefficient (Wildman–Crippen LogP) is 9.96. The molecule has 202 valence electrons. The number of nitrogens with zero attached hydrogens (tertiary/aromatic N) is 1. The van der Waals surface area contributed by atoms with Gasteiger partial charge in [0.25, 0.3) is 0 Å². The third kappa shape index (κ3) is 12.5. The van der Waals surface area contributed by atoms with E-state index < -0.39 is 0 Å². The summed E-state index contributed by atoms with van der Waals surface area (Å²) in [6.45, 7) is 27.3. The van der Waals surface area contributed by atoms with Crippen molar-refractivity contribution in [3.8, 4) is 0 Å². The van der Waals surface area contributed by atoms with Crippen LogP contribution in [0.4, 0.5) is 0 Å². The average Bonchev–Trinajstić information content (AvgIpc) is 2.93. The molecule has 0 radical (unpaired) electrons. The maximum absolute atomic E-state index is 7.77. The lowest BCUT2D eigenvalue weighted by Gasteiger charge is -2.33. The number of hydrogen-bond donors (Lipinski definition) is 1. The molecule has 1 N–H and O–H groups in total. The fourth-order valence-electron chi connectivity index (χ4n) is 4.53. The van der Waals surface area contributed by atoms with E-state index in [2.05, 4.69) is 94.1 Å². The number of piperidine rings is 1. The Morgan fingerprint density at radius 3 is 1.75 bits per heavy atom. The van der Waals surface area contributed by atoms with Crippen LogP contribution in [0.2, 0.25) is 0 Å². The number of likely N-dealkylation sites (tertiary alicyclic amines) is 1. The molecule has 2 nitrogen and oxygen atoms in total. The quantitative estimate of drug-likeness (QED) is 0.302. The third-order valence-corrected chi connectivity index (χ3v) is 6.31. The first-order chi connectivity index (χ1) is 17.4. The molecule has 1 aliphatic heterocycles. The molecule has 0 aromatic heterocycles. The zero-order valence-corrected chi connectivity index (χ0v) is 24.9. The summed E-state index contributed by atoms with van der Waals surface area (Å²) >= 11 is 0. The maximum Gasteiger partial charge on any atom is 0.0384 e. The van der Waals surface area contributed by atoms with Gasteiger partial charge >= 0.3 is 0 Å². The van der Waals surface area contributed by atoms with Gasteiger partial charge in [-0.1, -0.05) is 114 Å². The Bertz CT molecular complexity index is 753. The first kappa shape index (κ1) is 35.7. The third-order valence-electron chi connectivity index (χ3n) is 6.31. The molecule has 1 aliphatic rings. The van der Waals surface area contributed by atoms with Gasteiger partial charge in [-0.15, -0.1) is 13.2 Å². The Morgan fingerprint density at radius 2 is 1.39 bits per heavy atom. The first-order valence-electron chi connectivity index (χ1n) is 13.9. The van der Waals surface area contributed by atoms with Gasteiger partial charge in [0.05, 0.1) is 0 Å². The van der Waals surface area contributed by atoms with Crippen molar-refractivity contribution in [1.29, 1.82) is 5.41 Å². The van der Waals surface area contributed by atoms with Crippen LogP contribution in [0.25, 0.3) is 0 Å². The molecule has 0 bridgehead atoms. The molecule has 2 aromatic rings. The van der Waals surface area contributed by atoms with Crippen molar-refractivity contribution in [3.63, 3.8) is 0 Å². The summed E-state index contributed by atoms with van der Waals surface area (Å²) < 4.78 is 0. The van der Waals surface area contributed by atoms with Crippen LogP contribution in [0.1, 0.15) is 91.7 Å². The lowest BCUT2D eigenvalue weighted by Crippen LogP contribution is -2.31. The fourth-order valence-corrected chi connectivity index (χ4v) is 4.53. The normalized spacial score (nSPS) is 14.6. The van der Waals surface area contributed by atoms with Gasteiger partial charge in [0, 0.05) is 24.1 Å². The van der Waals surface area contributed by atoms with Crippen LogP contribution in [-0.4, -0.2) is 30.7 Å². The molecule has 0 spiro atoms. The lowest BCUT2D eigenvalue weighted by atomic mass is 9.70. The van der Waals surface area contributed by atoms with Crippen molar-refractivity contribution in [3.05, 3.63) is 97.1 Å². The van der Waals surface area contributed by atoms with Gasteiger partial charge in [-0.2, -0.15) is 0 Å². The van der Waals surface area contributed by atoms with Crippen LogP contribution in [0.3, 0.4) is 0 Å². The van der Waals surface area contributed by atoms with Crippen LogP contribution in [-0.2, 0) is 5.41 Å². The summed E-state index contributed by atoms with van der Waals surface area (Å²) in [4.78, 5) is 2.46. The molecule has 1 heterocycles. The van der Waals surface area contributed by atoms with Crippen LogP contribution < -0.4 is 0 Å². The molecule has 1 saturated heterocycles. The van der Waals surface area contributed by atoms with E-state index in [0.717, 1.165) is 11.5 Å². The number of allylic oxidation sites excluding steroid dienone is 1. The van der Waals surface area contributed by atoms with E-state index in [1.54, 1.807) is 0 Å². The molecule has 0 amide bonds. The number of rotatable bonds is 7. The molecular weight excluding hydrogens is 436 g/mol. The largest absolute Gasteiger partial charge is 0.310 e. The molecule has 2 heteroatoms. The van der Waals surface area contributed by atoms with Crippen molar-refractivity contribution in [2.75, 3.05) is 20.1 Å². The van der Waals surface area contributed by atoms with Crippen LogP contribution in [0, 0.1) is 11.3 Å². The maximum atomic E-state index is 7.77. The Balaban J connectivity index is 0. The Labute approximate surface area is 225 Å². The fraction of sp³-hybridized carbons (Fsp3) is 0.500. The highest BCUT2D eigenvalue weighted by Crippen LogP contribution is 2.39. The number of nitrogens with one attached hydrogen (secondary N) is 1. The van der Waals surface area contributed by atoms with Crippen molar-refractivity contribution >= 4 is 5.71 Å². The smallest absolute Gasteiger partial charge is 0.0384 e. The van der Waals surface area contributed by atoms with Crippen molar-refractivity contribution in [2.24, 2.45) is 5.92 Å². The van der Waals surface area contributed by atoms with E-state index in [9.17, 15) is 0 Å². The minimum atomic E-state index is -0.259. The van der Waals surface area contributed by atoms with Gasteiger partial charge in [-0.25, -0.2) is 0 Å². The van der Waals surface area contributed by atoms with E-state index in [1.165, 1.54) is 49.9 Å². The van der Waals surface area contributed by atoms with Gasteiger partial charge in [0.15, 0.2) is 0 Å². The summed E-state index contributed by atoms with van der Waals surface area (Å²) in [5, 5.41) is 7.77. The Kier molecular flexibility index (Phi) is 21.6.